The van der Waals surface area contributed by atoms with Crippen LogP contribution in [-0.4, -0.2) is 42.1 Å². The van der Waals surface area contributed by atoms with Crippen LogP contribution in [0.25, 0.3) is 0 Å². The summed E-state index contributed by atoms with van der Waals surface area (Å²) in [7, 11) is 0. The predicted molar refractivity (Wildman–Crippen MR) is 33.5 cm³/mol. The molecule has 0 aliphatic carbocycles. The van der Waals surface area contributed by atoms with Gasteiger partial charge in [0.05, 0.1) is 0 Å². The van der Waals surface area contributed by atoms with Gasteiger partial charge in [0.2, 0.25) is 0 Å². The topological polar surface area (TPSA) is 32.9 Å². The Hall–Kier alpha value is 0.690. The standard InChI is InChI=1S/C3H3NOS.Ca.2H/c5-3-1-2-6-4-3;;;/h1-2H,(H,4,5);;;. The molecule has 0 saturated heterocycles. The third-order valence-corrected chi connectivity index (χ3v) is 1.04. The van der Waals surface area contributed by atoms with Gasteiger partial charge >= 0.3 is 37.7 Å². The molecule has 0 radical (unpaired) electrons. The van der Waals surface area contributed by atoms with E-state index in [1.807, 2.05) is 0 Å². The molecule has 0 bridgehead atoms. The van der Waals surface area contributed by atoms with E-state index >= 15 is 0 Å². The molecule has 0 aliphatic rings. The van der Waals surface area contributed by atoms with E-state index in [1.165, 1.54) is 17.6 Å². The van der Waals surface area contributed by atoms with Crippen molar-refractivity contribution >= 4 is 49.3 Å². The molecule has 0 atom stereocenters. The summed E-state index contributed by atoms with van der Waals surface area (Å²) in [5.74, 6) is 0. The summed E-state index contributed by atoms with van der Waals surface area (Å²) in [4.78, 5) is 10.0. The van der Waals surface area contributed by atoms with Crippen molar-refractivity contribution in [2.75, 3.05) is 0 Å². The Bertz CT molecular complexity index is 153. The van der Waals surface area contributed by atoms with Gasteiger partial charge in [-0.25, -0.2) is 0 Å². The first-order chi connectivity index (χ1) is 2.89. The first kappa shape index (κ1) is 7.69. The van der Waals surface area contributed by atoms with Crippen molar-refractivity contribution in [3.63, 3.8) is 0 Å². The summed E-state index contributed by atoms with van der Waals surface area (Å²) in [5.41, 5.74) is -0.0139. The Morgan fingerprint density at radius 2 is 2.43 bits per heavy atom. The van der Waals surface area contributed by atoms with Crippen molar-refractivity contribution in [2.45, 2.75) is 0 Å². The summed E-state index contributed by atoms with van der Waals surface area (Å²) < 4.78 is 2.49. The predicted octanol–water partition coefficient (Wildman–Crippen LogP) is -0.480. The van der Waals surface area contributed by atoms with Crippen LogP contribution in [0.15, 0.2) is 16.2 Å². The van der Waals surface area contributed by atoms with Gasteiger partial charge in [-0.3, -0.25) is 9.17 Å². The van der Waals surface area contributed by atoms with Crippen molar-refractivity contribution < 1.29 is 0 Å². The molecule has 1 aromatic heterocycles. The van der Waals surface area contributed by atoms with Gasteiger partial charge in [-0.2, -0.15) is 0 Å². The minimum absolute atomic E-state index is 0. The van der Waals surface area contributed by atoms with Gasteiger partial charge in [0, 0.05) is 11.4 Å². The normalized spacial score (nSPS) is 7.43. The van der Waals surface area contributed by atoms with Crippen LogP contribution >= 0.6 is 11.5 Å². The molecular formula is C3H5CaNOS. The zero-order valence-corrected chi connectivity index (χ0v) is 3.79. The van der Waals surface area contributed by atoms with Crippen LogP contribution in [0.3, 0.4) is 0 Å². The van der Waals surface area contributed by atoms with E-state index in [0.29, 0.717) is 0 Å². The Morgan fingerprint density at radius 1 is 1.71 bits per heavy atom. The van der Waals surface area contributed by atoms with Crippen LogP contribution < -0.4 is 5.56 Å². The molecule has 0 aromatic carbocycles. The molecular weight excluding hydrogens is 138 g/mol. The zero-order chi connectivity index (χ0) is 4.41. The maximum atomic E-state index is 10.0. The number of nitrogens with one attached hydrogen (secondary N) is 1. The van der Waals surface area contributed by atoms with Crippen molar-refractivity contribution in [2.24, 2.45) is 0 Å². The Morgan fingerprint density at radius 3 is 2.57 bits per heavy atom. The molecule has 2 nitrogen and oxygen atoms in total. The third kappa shape index (κ3) is 2.49. The first-order valence-corrected chi connectivity index (χ1v) is 2.40. The van der Waals surface area contributed by atoms with Crippen LogP contribution in [0.4, 0.5) is 0 Å². The van der Waals surface area contributed by atoms with Crippen LogP contribution in [-0.2, 0) is 0 Å². The molecule has 0 amide bonds. The number of hydrogen-bond acceptors (Lipinski definition) is 2. The quantitative estimate of drug-likeness (QED) is 0.489. The van der Waals surface area contributed by atoms with Gasteiger partial charge in [-0.05, 0) is 0 Å². The molecule has 7 heavy (non-hydrogen) atoms. The van der Waals surface area contributed by atoms with E-state index in [-0.39, 0.29) is 43.3 Å². The second-order valence-electron chi connectivity index (χ2n) is 0.887. The number of rotatable bonds is 0. The SMILES string of the molecule is O=c1ccs[nH]1.[CaH2]. The molecule has 1 aromatic rings. The van der Waals surface area contributed by atoms with Gasteiger partial charge in [-0.1, -0.05) is 11.5 Å². The summed E-state index contributed by atoms with van der Waals surface area (Å²) in [5, 5.41) is 1.71. The van der Waals surface area contributed by atoms with Gasteiger partial charge < -0.3 is 0 Å². The number of hydrogen-bond donors (Lipinski definition) is 1. The summed E-state index contributed by atoms with van der Waals surface area (Å²) in [6.07, 6.45) is 0. The zero-order valence-electron chi connectivity index (χ0n) is 2.97. The molecule has 4 heteroatoms. The van der Waals surface area contributed by atoms with Crippen molar-refractivity contribution in [3.8, 4) is 0 Å². The minimum atomic E-state index is -0.0139. The number of aromatic nitrogens is 1. The van der Waals surface area contributed by atoms with Crippen molar-refractivity contribution in [1.82, 2.24) is 4.37 Å². The average Bonchev–Trinajstić information content (AvgIpc) is 1.86. The van der Waals surface area contributed by atoms with Crippen LogP contribution in [0.2, 0.25) is 0 Å². The Labute approximate surface area is 74.7 Å². The molecule has 1 rings (SSSR count). The molecule has 0 aliphatic heterocycles. The van der Waals surface area contributed by atoms with E-state index in [4.69, 9.17) is 0 Å². The van der Waals surface area contributed by atoms with E-state index in [1.54, 1.807) is 5.38 Å². The summed E-state index contributed by atoms with van der Waals surface area (Å²) in [6.45, 7) is 0. The monoisotopic (exact) mass is 143 g/mol. The molecule has 0 spiro atoms. The number of H-pyrrole nitrogens is 1. The molecule has 0 saturated carbocycles. The third-order valence-electron chi connectivity index (χ3n) is 0.447. The van der Waals surface area contributed by atoms with Crippen LogP contribution in [0.5, 0.6) is 0 Å². The second kappa shape index (κ2) is 3.66. The van der Waals surface area contributed by atoms with E-state index < -0.39 is 0 Å². The van der Waals surface area contributed by atoms with Gasteiger partial charge in [-0.15, -0.1) is 0 Å². The molecule has 0 unspecified atom stereocenters. The maximum absolute atomic E-state index is 10.0. The second-order valence-corrected chi connectivity index (χ2v) is 1.60. The first-order valence-electron chi connectivity index (χ1n) is 1.52. The Kier molecular flexibility index (Phi) is 4.02. The van der Waals surface area contributed by atoms with E-state index in [0.717, 1.165) is 0 Å². The van der Waals surface area contributed by atoms with Crippen molar-refractivity contribution in [1.29, 1.82) is 0 Å². The Balaban J connectivity index is 0.000000360. The van der Waals surface area contributed by atoms with E-state index in [9.17, 15) is 4.79 Å². The van der Waals surface area contributed by atoms with Crippen molar-refractivity contribution in [3.05, 3.63) is 21.8 Å². The van der Waals surface area contributed by atoms with Gasteiger partial charge in [0.1, 0.15) is 0 Å². The van der Waals surface area contributed by atoms with E-state index in [2.05, 4.69) is 4.37 Å². The molecule has 36 valence electrons. The average molecular weight is 143 g/mol. The summed E-state index contributed by atoms with van der Waals surface area (Å²) in [6, 6.07) is 1.49. The number of aromatic amines is 1. The van der Waals surface area contributed by atoms with Crippen LogP contribution in [0.1, 0.15) is 0 Å². The molecule has 1 N–H and O–H groups in total. The van der Waals surface area contributed by atoms with Gasteiger partial charge in [0.15, 0.2) is 0 Å². The van der Waals surface area contributed by atoms with Crippen LogP contribution in [0, 0.1) is 0 Å². The molecule has 0 fully saturated rings. The fraction of sp³-hybridized carbons (Fsp3) is 0. The fourth-order valence-electron chi connectivity index (χ4n) is 0.222. The fourth-order valence-corrected chi connectivity index (χ4v) is 0.666. The van der Waals surface area contributed by atoms with Gasteiger partial charge in [0.25, 0.3) is 5.56 Å². The molecule has 1 heterocycles. The summed E-state index contributed by atoms with van der Waals surface area (Å²) >= 11 is 1.30.